The van der Waals surface area contributed by atoms with E-state index in [4.69, 9.17) is 4.74 Å². The Labute approximate surface area is 144 Å². The third kappa shape index (κ3) is 5.55. The van der Waals surface area contributed by atoms with E-state index < -0.39 is 0 Å². The third-order valence-corrected chi connectivity index (χ3v) is 4.48. The third-order valence-electron chi connectivity index (χ3n) is 4.48. The monoisotopic (exact) mass is 332 g/mol. The van der Waals surface area contributed by atoms with Gasteiger partial charge in [0.1, 0.15) is 5.75 Å². The van der Waals surface area contributed by atoms with Gasteiger partial charge in [-0.2, -0.15) is 0 Å². The maximum Gasteiger partial charge on any atom is 0.224 e. The highest BCUT2D eigenvalue weighted by atomic mass is 16.5. The normalized spacial score (nSPS) is 15.2. The first-order valence-corrected chi connectivity index (χ1v) is 8.82. The van der Waals surface area contributed by atoms with Crippen LogP contribution in [-0.4, -0.2) is 43.0 Å². The van der Waals surface area contributed by atoms with Gasteiger partial charge in [0.2, 0.25) is 11.8 Å². The molecule has 5 nitrogen and oxygen atoms in total. The Morgan fingerprint density at radius 3 is 2.46 bits per heavy atom. The first-order valence-electron chi connectivity index (χ1n) is 8.82. The molecule has 132 valence electrons. The van der Waals surface area contributed by atoms with Gasteiger partial charge in [0.15, 0.2) is 0 Å². The average molecular weight is 332 g/mol. The van der Waals surface area contributed by atoms with Crippen LogP contribution in [-0.2, 0) is 16.0 Å². The number of nitrogens with zero attached hydrogens (tertiary/aromatic N) is 1. The van der Waals surface area contributed by atoms with Gasteiger partial charge in [0.05, 0.1) is 13.5 Å². The summed E-state index contributed by atoms with van der Waals surface area (Å²) >= 11 is 0. The molecule has 1 heterocycles. The lowest BCUT2D eigenvalue weighted by molar-refractivity contribution is -0.132. The highest BCUT2D eigenvalue weighted by Crippen LogP contribution is 2.14. The number of benzene rings is 1. The summed E-state index contributed by atoms with van der Waals surface area (Å²) < 4.78 is 5.12. The number of methoxy groups -OCH3 is 1. The van der Waals surface area contributed by atoms with Crippen LogP contribution in [0.1, 0.15) is 44.6 Å². The SMILES string of the molecule is CCCCC(=O)N1CCC(NC(=O)Cc2ccc(OC)cc2)CC1. The molecule has 1 N–H and O–H groups in total. The summed E-state index contributed by atoms with van der Waals surface area (Å²) in [5.74, 6) is 1.08. The molecule has 1 aromatic rings. The summed E-state index contributed by atoms with van der Waals surface area (Å²) in [5, 5.41) is 3.09. The molecule has 0 radical (unpaired) electrons. The Morgan fingerprint density at radius 1 is 1.21 bits per heavy atom. The molecule has 2 amide bonds. The van der Waals surface area contributed by atoms with E-state index in [0.29, 0.717) is 12.8 Å². The number of carbonyl (C=O) groups excluding carboxylic acids is 2. The second-order valence-electron chi connectivity index (χ2n) is 6.35. The fourth-order valence-corrected chi connectivity index (χ4v) is 2.97. The number of rotatable bonds is 7. The van der Waals surface area contributed by atoms with Crippen LogP contribution in [0.15, 0.2) is 24.3 Å². The quantitative estimate of drug-likeness (QED) is 0.835. The van der Waals surface area contributed by atoms with Crippen LogP contribution >= 0.6 is 0 Å². The number of ether oxygens (including phenoxy) is 1. The topological polar surface area (TPSA) is 58.6 Å². The van der Waals surface area contributed by atoms with Crippen molar-refractivity contribution in [3.05, 3.63) is 29.8 Å². The average Bonchev–Trinajstić information content (AvgIpc) is 2.61. The van der Waals surface area contributed by atoms with Crippen LogP contribution in [0.2, 0.25) is 0 Å². The highest BCUT2D eigenvalue weighted by molar-refractivity contribution is 5.79. The number of hydrogen-bond donors (Lipinski definition) is 1. The van der Waals surface area contributed by atoms with E-state index in [-0.39, 0.29) is 17.9 Å². The van der Waals surface area contributed by atoms with Crippen molar-refractivity contribution in [2.45, 2.75) is 51.5 Å². The summed E-state index contributed by atoms with van der Waals surface area (Å²) in [7, 11) is 1.63. The zero-order valence-electron chi connectivity index (χ0n) is 14.7. The lowest BCUT2D eigenvalue weighted by Gasteiger charge is -2.32. The molecule has 0 spiro atoms. The first-order chi connectivity index (χ1) is 11.6. The molecule has 0 atom stereocenters. The van der Waals surface area contributed by atoms with E-state index in [1.54, 1.807) is 7.11 Å². The van der Waals surface area contributed by atoms with Gasteiger partial charge in [0.25, 0.3) is 0 Å². The van der Waals surface area contributed by atoms with Crippen molar-refractivity contribution in [1.29, 1.82) is 0 Å². The largest absolute Gasteiger partial charge is 0.497 e. The maximum absolute atomic E-state index is 12.2. The number of hydrogen-bond acceptors (Lipinski definition) is 3. The molecule has 0 aliphatic carbocycles. The number of amides is 2. The first kappa shape index (κ1) is 18.3. The molecule has 5 heteroatoms. The van der Waals surface area contributed by atoms with Crippen LogP contribution in [0.3, 0.4) is 0 Å². The lowest BCUT2D eigenvalue weighted by atomic mass is 10.0. The van der Waals surface area contributed by atoms with Gasteiger partial charge >= 0.3 is 0 Å². The Kier molecular flexibility index (Phi) is 7.09. The Morgan fingerprint density at radius 2 is 1.88 bits per heavy atom. The number of carbonyl (C=O) groups is 2. The second kappa shape index (κ2) is 9.30. The molecule has 0 saturated carbocycles. The van der Waals surface area contributed by atoms with Crippen molar-refractivity contribution < 1.29 is 14.3 Å². The minimum Gasteiger partial charge on any atom is -0.497 e. The minimum atomic E-state index is 0.0379. The van der Waals surface area contributed by atoms with Crippen LogP contribution in [0.5, 0.6) is 5.75 Å². The van der Waals surface area contributed by atoms with Crippen LogP contribution in [0.25, 0.3) is 0 Å². The zero-order valence-corrected chi connectivity index (χ0v) is 14.7. The van der Waals surface area contributed by atoms with Crippen LogP contribution in [0, 0.1) is 0 Å². The molecule has 0 bridgehead atoms. The number of unbranched alkanes of at least 4 members (excludes halogenated alkanes) is 1. The van der Waals surface area contributed by atoms with E-state index in [1.165, 1.54) is 0 Å². The Balaban J connectivity index is 1.72. The smallest absolute Gasteiger partial charge is 0.224 e. The van der Waals surface area contributed by atoms with Gasteiger partial charge in [-0.15, -0.1) is 0 Å². The van der Waals surface area contributed by atoms with Gasteiger partial charge in [-0.25, -0.2) is 0 Å². The molecular formula is C19H28N2O3. The predicted molar refractivity (Wildman–Crippen MR) is 94.0 cm³/mol. The van der Waals surface area contributed by atoms with Crippen molar-refractivity contribution >= 4 is 11.8 Å². The van der Waals surface area contributed by atoms with Crippen molar-refractivity contribution in [2.75, 3.05) is 20.2 Å². The van der Waals surface area contributed by atoms with Gasteiger partial charge in [-0.3, -0.25) is 9.59 Å². The summed E-state index contributed by atoms with van der Waals surface area (Å²) in [6.45, 7) is 3.59. The fraction of sp³-hybridized carbons (Fsp3) is 0.579. The van der Waals surface area contributed by atoms with Crippen molar-refractivity contribution in [2.24, 2.45) is 0 Å². The minimum absolute atomic E-state index is 0.0379. The highest BCUT2D eigenvalue weighted by Gasteiger charge is 2.23. The fourth-order valence-electron chi connectivity index (χ4n) is 2.97. The van der Waals surface area contributed by atoms with Crippen LogP contribution in [0.4, 0.5) is 0 Å². The van der Waals surface area contributed by atoms with E-state index in [2.05, 4.69) is 12.2 Å². The van der Waals surface area contributed by atoms with Gasteiger partial charge in [0, 0.05) is 25.6 Å². The zero-order chi connectivity index (χ0) is 17.4. The van der Waals surface area contributed by atoms with E-state index in [9.17, 15) is 9.59 Å². The summed E-state index contributed by atoms with van der Waals surface area (Å²) in [5.41, 5.74) is 0.973. The molecule has 0 unspecified atom stereocenters. The summed E-state index contributed by atoms with van der Waals surface area (Å²) in [4.78, 5) is 26.1. The van der Waals surface area contributed by atoms with E-state index in [1.807, 2.05) is 29.2 Å². The lowest BCUT2D eigenvalue weighted by Crippen LogP contribution is -2.46. The Hall–Kier alpha value is -2.04. The molecular weight excluding hydrogens is 304 g/mol. The summed E-state index contributed by atoms with van der Waals surface area (Å²) in [6, 6.07) is 7.72. The molecule has 24 heavy (non-hydrogen) atoms. The number of nitrogens with one attached hydrogen (secondary N) is 1. The molecule has 1 fully saturated rings. The van der Waals surface area contributed by atoms with Crippen molar-refractivity contribution in [3.63, 3.8) is 0 Å². The van der Waals surface area contributed by atoms with Crippen LogP contribution < -0.4 is 10.1 Å². The molecule has 2 rings (SSSR count). The molecule has 1 aliphatic rings. The van der Waals surface area contributed by atoms with E-state index in [0.717, 1.165) is 50.1 Å². The second-order valence-corrected chi connectivity index (χ2v) is 6.35. The molecule has 1 aliphatic heterocycles. The molecule has 1 aromatic carbocycles. The molecule has 0 aromatic heterocycles. The number of likely N-dealkylation sites (tertiary alicyclic amines) is 1. The van der Waals surface area contributed by atoms with Gasteiger partial charge < -0.3 is 15.0 Å². The van der Waals surface area contributed by atoms with Gasteiger partial charge in [-0.05, 0) is 37.0 Å². The van der Waals surface area contributed by atoms with Gasteiger partial charge in [-0.1, -0.05) is 25.5 Å². The van der Waals surface area contributed by atoms with Crippen molar-refractivity contribution in [3.8, 4) is 5.75 Å². The van der Waals surface area contributed by atoms with Crippen molar-refractivity contribution in [1.82, 2.24) is 10.2 Å². The summed E-state index contributed by atoms with van der Waals surface area (Å²) in [6.07, 6.45) is 4.70. The predicted octanol–water partition coefficient (Wildman–Crippen LogP) is 2.54. The Bertz CT molecular complexity index is 534. The number of piperidine rings is 1. The van der Waals surface area contributed by atoms with E-state index >= 15 is 0 Å². The maximum atomic E-state index is 12.2. The molecule has 1 saturated heterocycles. The standard InChI is InChI=1S/C19H28N2O3/c1-3-4-5-19(23)21-12-10-16(11-13-21)20-18(22)14-15-6-8-17(24-2)9-7-15/h6-9,16H,3-5,10-14H2,1-2H3,(H,20,22).